The fourth-order valence-electron chi connectivity index (χ4n) is 1.30. The van der Waals surface area contributed by atoms with Crippen molar-refractivity contribution in [2.24, 2.45) is 0 Å². The standard InChI is InChI=1S/C13H11NO2S/c1-16-13(15)11-8-5-9-12(14-11)17-10-6-3-2-4-7-10/h2-9H,1H3. The largest absolute Gasteiger partial charge is 0.464 e. The van der Waals surface area contributed by atoms with Crippen molar-refractivity contribution in [3.05, 3.63) is 54.2 Å². The van der Waals surface area contributed by atoms with Gasteiger partial charge < -0.3 is 4.74 Å². The van der Waals surface area contributed by atoms with Crippen molar-refractivity contribution in [1.29, 1.82) is 0 Å². The van der Waals surface area contributed by atoms with Gasteiger partial charge in [0.2, 0.25) is 0 Å². The molecule has 0 aliphatic carbocycles. The first-order chi connectivity index (χ1) is 8.29. The van der Waals surface area contributed by atoms with Gasteiger partial charge in [0, 0.05) is 4.90 Å². The van der Waals surface area contributed by atoms with Crippen molar-refractivity contribution in [2.45, 2.75) is 9.92 Å². The van der Waals surface area contributed by atoms with Crippen LogP contribution in [0.2, 0.25) is 0 Å². The maximum Gasteiger partial charge on any atom is 0.356 e. The number of nitrogens with zero attached hydrogens (tertiary/aromatic N) is 1. The lowest BCUT2D eigenvalue weighted by Gasteiger charge is -2.02. The van der Waals surface area contributed by atoms with Gasteiger partial charge in [0.1, 0.15) is 10.7 Å². The normalized spacial score (nSPS) is 9.94. The smallest absolute Gasteiger partial charge is 0.356 e. The molecule has 0 fully saturated rings. The van der Waals surface area contributed by atoms with Gasteiger partial charge in [-0.2, -0.15) is 0 Å². The van der Waals surface area contributed by atoms with Gasteiger partial charge in [0.05, 0.1) is 7.11 Å². The van der Waals surface area contributed by atoms with E-state index in [1.54, 1.807) is 12.1 Å². The molecule has 17 heavy (non-hydrogen) atoms. The summed E-state index contributed by atoms with van der Waals surface area (Å²) in [5, 5.41) is 0.777. The zero-order chi connectivity index (χ0) is 12.1. The highest BCUT2D eigenvalue weighted by Crippen LogP contribution is 2.25. The van der Waals surface area contributed by atoms with Crippen molar-refractivity contribution in [3.63, 3.8) is 0 Å². The average Bonchev–Trinajstić information content (AvgIpc) is 2.39. The van der Waals surface area contributed by atoms with Crippen LogP contribution < -0.4 is 0 Å². The molecule has 0 spiro atoms. The fourth-order valence-corrected chi connectivity index (χ4v) is 2.12. The second kappa shape index (κ2) is 5.50. The Kier molecular flexibility index (Phi) is 3.77. The number of ether oxygens (including phenoxy) is 1. The van der Waals surface area contributed by atoms with E-state index in [2.05, 4.69) is 9.72 Å². The Bertz CT molecular complexity index is 514. The van der Waals surface area contributed by atoms with Gasteiger partial charge in [-0.05, 0) is 24.3 Å². The Balaban J connectivity index is 2.20. The Morgan fingerprint density at radius 2 is 1.88 bits per heavy atom. The van der Waals surface area contributed by atoms with Crippen molar-refractivity contribution >= 4 is 17.7 Å². The number of methoxy groups -OCH3 is 1. The molecule has 0 aliphatic rings. The summed E-state index contributed by atoms with van der Waals surface area (Å²) in [5.74, 6) is -0.416. The minimum atomic E-state index is -0.416. The molecule has 1 aromatic carbocycles. The number of hydrogen-bond donors (Lipinski definition) is 0. The van der Waals surface area contributed by atoms with E-state index in [9.17, 15) is 4.79 Å². The lowest BCUT2D eigenvalue weighted by atomic mass is 10.3. The first kappa shape index (κ1) is 11.7. The van der Waals surface area contributed by atoms with E-state index >= 15 is 0 Å². The molecule has 0 radical (unpaired) electrons. The third-order valence-electron chi connectivity index (χ3n) is 2.08. The number of pyridine rings is 1. The van der Waals surface area contributed by atoms with Crippen LogP contribution in [-0.2, 0) is 4.74 Å². The van der Waals surface area contributed by atoms with Crippen molar-refractivity contribution in [1.82, 2.24) is 4.98 Å². The summed E-state index contributed by atoms with van der Waals surface area (Å²) in [6, 6.07) is 15.2. The highest BCUT2D eigenvalue weighted by molar-refractivity contribution is 7.99. The van der Waals surface area contributed by atoms with E-state index < -0.39 is 5.97 Å². The number of aromatic nitrogens is 1. The Morgan fingerprint density at radius 3 is 2.59 bits per heavy atom. The highest BCUT2D eigenvalue weighted by Gasteiger charge is 2.07. The van der Waals surface area contributed by atoms with Crippen LogP contribution in [0.1, 0.15) is 10.5 Å². The Labute approximate surface area is 104 Å². The van der Waals surface area contributed by atoms with E-state index in [0.717, 1.165) is 9.92 Å². The maximum absolute atomic E-state index is 11.3. The molecular formula is C13H11NO2S. The molecule has 0 bridgehead atoms. The lowest BCUT2D eigenvalue weighted by Crippen LogP contribution is -2.04. The van der Waals surface area contributed by atoms with Crippen LogP contribution in [0.25, 0.3) is 0 Å². The monoisotopic (exact) mass is 245 g/mol. The summed E-state index contributed by atoms with van der Waals surface area (Å²) in [5.41, 5.74) is 0.327. The second-order valence-corrected chi connectivity index (χ2v) is 4.36. The molecule has 0 aliphatic heterocycles. The van der Waals surface area contributed by atoms with E-state index in [4.69, 9.17) is 0 Å². The summed E-state index contributed by atoms with van der Waals surface area (Å²) < 4.78 is 4.63. The molecule has 1 aromatic heterocycles. The molecule has 2 aromatic rings. The first-order valence-electron chi connectivity index (χ1n) is 5.08. The molecule has 0 N–H and O–H groups in total. The molecule has 0 saturated carbocycles. The van der Waals surface area contributed by atoms with Gasteiger partial charge in [0.25, 0.3) is 0 Å². The summed E-state index contributed by atoms with van der Waals surface area (Å²) in [4.78, 5) is 16.6. The molecule has 0 amide bonds. The second-order valence-electron chi connectivity index (χ2n) is 3.27. The van der Waals surface area contributed by atoms with Crippen molar-refractivity contribution in [3.8, 4) is 0 Å². The van der Waals surface area contributed by atoms with E-state index in [1.165, 1.54) is 18.9 Å². The SMILES string of the molecule is COC(=O)c1cccc(Sc2ccccc2)n1. The number of carbonyl (C=O) groups is 1. The van der Waals surface area contributed by atoms with Gasteiger partial charge in [-0.15, -0.1) is 0 Å². The fraction of sp³-hybridized carbons (Fsp3) is 0.0769. The van der Waals surface area contributed by atoms with Gasteiger partial charge in [0.15, 0.2) is 0 Å². The van der Waals surface area contributed by atoms with Gasteiger partial charge in [-0.1, -0.05) is 36.0 Å². The minimum absolute atomic E-state index is 0.327. The maximum atomic E-state index is 11.3. The topological polar surface area (TPSA) is 39.2 Å². The molecule has 0 atom stereocenters. The molecule has 3 nitrogen and oxygen atoms in total. The molecule has 0 saturated heterocycles. The van der Waals surface area contributed by atoms with Crippen LogP contribution in [0.3, 0.4) is 0 Å². The first-order valence-corrected chi connectivity index (χ1v) is 5.89. The summed E-state index contributed by atoms with van der Waals surface area (Å²) in [7, 11) is 1.35. The van der Waals surface area contributed by atoms with Gasteiger partial charge in [-0.25, -0.2) is 9.78 Å². The van der Waals surface area contributed by atoms with Crippen LogP contribution in [0.4, 0.5) is 0 Å². The van der Waals surface area contributed by atoms with E-state index in [-0.39, 0.29) is 0 Å². The van der Waals surface area contributed by atoms with Crippen LogP contribution in [0, 0.1) is 0 Å². The molecular weight excluding hydrogens is 234 g/mol. The molecule has 4 heteroatoms. The number of carbonyl (C=O) groups excluding carboxylic acids is 1. The van der Waals surface area contributed by atoms with Crippen LogP contribution in [-0.4, -0.2) is 18.1 Å². The summed E-state index contributed by atoms with van der Waals surface area (Å²) in [6.07, 6.45) is 0. The summed E-state index contributed by atoms with van der Waals surface area (Å²) in [6.45, 7) is 0. The number of rotatable bonds is 3. The van der Waals surface area contributed by atoms with Crippen LogP contribution >= 0.6 is 11.8 Å². The number of benzene rings is 1. The Morgan fingerprint density at radius 1 is 1.12 bits per heavy atom. The molecule has 1 heterocycles. The van der Waals surface area contributed by atoms with Crippen LogP contribution in [0.15, 0.2) is 58.5 Å². The van der Waals surface area contributed by atoms with Gasteiger partial charge in [-0.3, -0.25) is 0 Å². The number of hydrogen-bond acceptors (Lipinski definition) is 4. The van der Waals surface area contributed by atoms with Gasteiger partial charge >= 0.3 is 5.97 Å². The third kappa shape index (κ3) is 3.07. The molecule has 2 rings (SSSR count). The average molecular weight is 245 g/mol. The highest BCUT2D eigenvalue weighted by atomic mass is 32.2. The number of esters is 1. The minimum Gasteiger partial charge on any atom is -0.464 e. The Hall–Kier alpha value is -1.81. The zero-order valence-electron chi connectivity index (χ0n) is 9.29. The van der Waals surface area contributed by atoms with Crippen molar-refractivity contribution in [2.75, 3.05) is 7.11 Å². The quantitative estimate of drug-likeness (QED) is 0.779. The zero-order valence-corrected chi connectivity index (χ0v) is 10.1. The third-order valence-corrected chi connectivity index (χ3v) is 3.03. The molecule has 0 unspecified atom stereocenters. The van der Waals surface area contributed by atoms with E-state index in [0.29, 0.717) is 5.69 Å². The summed E-state index contributed by atoms with van der Waals surface area (Å²) >= 11 is 1.51. The lowest BCUT2D eigenvalue weighted by molar-refractivity contribution is 0.0593. The van der Waals surface area contributed by atoms with Crippen molar-refractivity contribution < 1.29 is 9.53 Å². The predicted octanol–water partition coefficient (Wildman–Crippen LogP) is 3.02. The van der Waals surface area contributed by atoms with Crippen LogP contribution in [0.5, 0.6) is 0 Å². The molecule has 86 valence electrons. The predicted molar refractivity (Wildman–Crippen MR) is 66.1 cm³/mol. The van der Waals surface area contributed by atoms with E-state index in [1.807, 2.05) is 36.4 Å².